The number of ether oxygens (including phenoxy) is 1. The number of hydrogen-bond acceptors (Lipinski definition) is 6. The molecule has 0 aliphatic heterocycles. The van der Waals surface area contributed by atoms with E-state index < -0.39 is 5.97 Å². The van der Waals surface area contributed by atoms with Crippen LogP contribution in [-0.2, 0) is 4.74 Å². The second-order valence-corrected chi connectivity index (χ2v) is 2.84. The Balaban J connectivity index is 2.37. The molecule has 6 nitrogen and oxygen atoms in total. The zero-order valence-electron chi connectivity index (χ0n) is 8.58. The standard InChI is InChI=1S/C10H9N3O3/c1-2-15-10(14)8-9(16-6-13-8)7-5-11-3-4-12-7/h3-6H,2H2,1H3. The number of oxazole rings is 1. The fraction of sp³-hybridized carbons (Fsp3) is 0.200. The van der Waals surface area contributed by atoms with Gasteiger partial charge in [0.05, 0.1) is 12.8 Å². The maximum Gasteiger partial charge on any atom is 0.361 e. The number of rotatable bonds is 3. The van der Waals surface area contributed by atoms with Crippen molar-refractivity contribution in [2.45, 2.75) is 6.92 Å². The van der Waals surface area contributed by atoms with Gasteiger partial charge in [-0.15, -0.1) is 0 Å². The molecule has 0 fully saturated rings. The molecule has 0 amide bonds. The molecule has 0 aliphatic carbocycles. The van der Waals surface area contributed by atoms with Gasteiger partial charge in [0.25, 0.3) is 0 Å². The zero-order chi connectivity index (χ0) is 11.4. The van der Waals surface area contributed by atoms with Gasteiger partial charge in [0.1, 0.15) is 5.69 Å². The van der Waals surface area contributed by atoms with Gasteiger partial charge in [-0.25, -0.2) is 14.8 Å². The van der Waals surface area contributed by atoms with Gasteiger partial charge in [-0.3, -0.25) is 4.98 Å². The highest BCUT2D eigenvalue weighted by molar-refractivity contribution is 5.92. The molecule has 2 rings (SSSR count). The molecule has 16 heavy (non-hydrogen) atoms. The molecular formula is C10H9N3O3. The van der Waals surface area contributed by atoms with Crippen molar-refractivity contribution in [1.82, 2.24) is 15.0 Å². The first-order chi connectivity index (χ1) is 7.83. The monoisotopic (exact) mass is 219 g/mol. The molecule has 0 N–H and O–H groups in total. The van der Waals surface area contributed by atoms with Crippen LogP contribution in [0.25, 0.3) is 11.5 Å². The molecule has 2 aromatic rings. The van der Waals surface area contributed by atoms with Gasteiger partial charge in [-0.05, 0) is 6.92 Å². The van der Waals surface area contributed by atoms with E-state index in [0.29, 0.717) is 5.69 Å². The first kappa shape index (κ1) is 10.3. The Bertz CT molecular complexity index is 481. The molecule has 0 aliphatic rings. The van der Waals surface area contributed by atoms with Gasteiger partial charge in [-0.2, -0.15) is 0 Å². The van der Waals surface area contributed by atoms with E-state index in [1.54, 1.807) is 6.92 Å². The molecule has 0 bridgehead atoms. The summed E-state index contributed by atoms with van der Waals surface area (Å²) in [6.07, 6.45) is 5.70. The third-order valence-electron chi connectivity index (χ3n) is 1.83. The van der Waals surface area contributed by atoms with Crippen molar-refractivity contribution in [2.75, 3.05) is 6.61 Å². The van der Waals surface area contributed by atoms with E-state index in [2.05, 4.69) is 15.0 Å². The molecule has 0 saturated heterocycles. The number of carbonyl (C=O) groups excluding carboxylic acids is 1. The summed E-state index contributed by atoms with van der Waals surface area (Å²) in [7, 11) is 0. The van der Waals surface area contributed by atoms with E-state index in [1.165, 1.54) is 25.0 Å². The van der Waals surface area contributed by atoms with Gasteiger partial charge in [0.15, 0.2) is 17.8 Å². The van der Waals surface area contributed by atoms with Crippen LogP contribution in [0, 0.1) is 0 Å². The number of esters is 1. The van der Waals surface area contributed by atoms with E-state index in [0.717, 1.165) is 0 Å². The Hall–Kier alpha value is -2.24. The Morgan fingerprint density at radius 2 is 2.31 bits per heavy atom. The summed E-state index contributed by atoms with van der Waals surface area (Å²) in [5, 5.41) is 0. The van der Waals surface area contributed by atoms with E-state index in [-0.39, 0.29) is 18.1 Å². The van der Waals surface area contributed by atoms with Crippen molar-refractivity contribution in [2.24, 2.45) is 0 Å². The number of nitrogens with zero attached hydrogens (tertiary/aromatic N) is 3. The van der Waals surface area contributed by atoms with Crippen molar-refractivity contribution in [3.05, 3.63) is 30.7 Å². The maximum absolute atomic E-state index is 11.5. The second kappa shape index (κ2) is 4.52. The van der Waals surface area contributed by atoms with Crippen LogP contribution in [0.3, 0.4) is 0 Å². The van der Waals surface area contributed by atoms with Crippen molar-refractivity contribution < 1.29 is 13.9 Å². The van der Waals surface area contributed by atoms with Crippen molar-refractivity contribution >= 4 is 5.97 Å². The van der Waals surface area contributed by atoms with Crippen molar-refractivity contribution in [3.8, 4) is 11.5 Å². The fourth-order valence-corrected chi connectivity index (χ4v) is 1.19. The SMILES string of the molecule is CCOC(=O)c1ncoc1-c1cnccn1. The summed E-state index contributed by atoms with van der Waals surface area (Å²) in [5.74, 6) is -0.261. The highest BCUT2D eigenvalue weighted by Gasteiger charge is 2.20. The quantitative estimate of drug-likeness (QED) is 0.724. The molecule has 2 aromatic heterocycles. The van der Waals surface area contributed by atoms with E-state index >= 15 is 0 Å². The number of aromatic nitrogens is 3. The average molecular weight is 219 g/mol. The Kier molecular flexibility index (Phi) is 2.90. The summed E-state index contributed by atoms with van der Waals surface area (Å²) >= 11 is 0. The average Bonchev–Trinajstić information content (AvgIpc) is 2.79. The Labute approximate surface area is 91.3 Å². The Morgan fingerprint density at radius 3 is 3.00 bits per heavy atom. The first-order valence-corrected chi connectivity index (χ1v) is 4.70. The van der Waals surface area contributed by atoms with Crippen LogP contribution in [0.2, 0.25) is 0 Å². The molecular weight excluding hydrogens is 210 g/mol. The van der Waals surface area contributed by atoms with Crippen molar-refractivity contribution in [3.63, 3.8) is 0 Å². The zero-order valence-corrected chi connectivity index (χ0v) is 8.58. The van der Waals surface area contributed by atoms with Gasteiger partial charge in [0, 0.05) is 12.4 Å². The normalized spacial score (nSPS) is 10.1. The lowest BCUT2D eigenvalue weighted by Gasteiger charge is -1.99. The van der Waals surface area contributed by atoms with E-state index in [9.17, 15) is 4.79 Å². The fourth-order valence-electron chi connectivity index (χ4n) is 1.19. The van der Waals surface area contributed by atoms with Crippen LogP contribution in [0.4, 0.5) is 0 Å². The van der Waals surface area contributed by atoms with Crippen LogP contribution in [0.1, 0.15) is 17.4 Å². The number of hydrogen-bond donors (Lipinski definition) is 0. The van der Waals surface area contributed by atoms with Crippen LogP contribution >= 0.6 is 0 Å². The summed E-state index contributed by atoms with van der Waals surface area (Å²) in [4.78, 5) is 23.2. The van der Waals surface area contributed by atoms with Crippen LogP contribution in [0.5, 0.6) is 0 Å². The van der Waals surface area contributed by atoms with E-state index in [4.69, 9.17) is 9.15 Å². The predicted octanol–water partition coefficient (Wildman–Crippen LogP) is 1.31. The third kappa shape index (κ3) is 1.90. The topological polar surface area (TPSA) is 78.1 Å². The Morgan fingerprint density at radius 1 is 1.44 bits per heavy atom. The van der Waals surface area contributed by atoms with Gasteiger partial charge < -0.3 is 9.15 Å². The molecule has 0 atom stereocenters. The molecule has 82 valence electrons. The summed E-state index contributed by atoms with van der Waals surface area (Å²) in [6, 6.07) is 0. The van der Waals surface area contributed by atoms with Crippen molar-refractivity contribution in [1.29, 1.82) is 0 Å². The molecule has 0 spiro atoms. The van der Waals surface area contributed by atoms with Crippen LogP contribution < -0.4 is 0 Å². The smallest absolute Gasteiger partial charge is 0.361 e. The number of carbonyl (C=O) groups is 1. The minimum absolute atomic E-state index is 0.113. The molecule has 0 unspecified atom stereocenters. The summed E-state index contributed by atoms with van der Waals surface area (Å²) in [6.45, 7) is 2.01. The van der Waals surface area contributed by atoms with Crippen LogP contribution in [-0.4, -0.2) is 27.5 Å². The largest absolute Gasteiger partial charge is 0.461 e. The van der Waals surface area contributed by atoms with Gasteiger partial charge in [-0.1, -0.05) is 0 Å². The highest BCUT2D eigenvalue weighted by atomic mass is 16.5. The summed E-state index contributed by atoms with van der Waals surface area (Å²) < 4.78 is 9.94. The summed E-state index contributed by atoms with van der Waals surface area (Å²) in [5.41, 5.74) is 0.561. The first-order valence-electron chi connectivity index (χ1n) is 4.70. The third-order valence-corrected chi connectivity index (χ3v) is 1.83. The lowest BCUT2D eigenvalue weighted by Crippen LogP contribution is -2.06. The van der Waals surface area contributed by atoms with Gasteiger partial charge >= 0.3 is 5.97 Å². The van der Waals surface area contributed by atoms with Gasteiger partial charge in [0.2, 0.25) is 0 Å². The minimum atomic E-state index is -0.531. The lowest BCUT2D eigenvalue weighted by atomic mass is 10.3. The van der Waals surface area contributed by atoms with Crippen LogP contribution in [0.15, 0.2) is 29.4 Å². The molecule has 2 heterocycles. The maximum atomic E-state index is 11.5. The van der Waals surface area contributed by atoms with E-state index in [1.807, 2.05) is 0 Å². The second-order valence-electron chi connectivity index (χ2n) is 2.84. The lowest BCUT2D eigenvalue weighted by molar-refractivity contribution is 0.0520. The molecule has 6 heteroatoms. The minimum Gasteiger partial charge on any atom is -0.461 e. The molecule has 0 saturated carbocycles. The molecule has 0 radical (unpaired) electrons. The predicted molar refractivity (Wildman–Crippen MR) is 53.5 cm³/mol. The molecule has 0 aromatic carbocycles. The highest BCUT2D eigenvalue weighted by Crippen LogP contribution is 2.20.